The Morgan fingerprint density at radius 3 is 2.11 bits per heavy atom. The van der Waals surface area contributed by atoms with Gasteiger partial charge in [0.05, 0.1) is 26.6 Å². The molecular formula is C23H31N10O18P3-2. The molecule has 8 N–H and O–H groups in total. The number of aliphatic hydroxyl groups is 2. The second kappa shape index (κ2) is 14.8. The van der Waals surface area contributed by atoms with Crippen molar-refractivity contribution < 1.29 is 79.8 Å². The number of imidazole rings is 2. The molecule has 6 heterocycles. The first-order valence-corrected chi connectivity index (χ1v) is 19.5. The van der Waals surface area contributed by atoms with Crippen LogP contribution in [0.1, 0.15) is 12.5 Å². The molecule has 0 aromatic carbocycles. The van der Waals surface area contributed by atoms with Gasteiger partial charge in [-0.05, 0) is 0 Å². The number of hydrogen-bond acceptors (Lipinski definition) is 23. The number of phosphoric acid groups is 3. The van der Waals surface area contributed by atoms with Crippen molar-refractivity contribution in [2.24, 2.45) is 7.05 Å². The number of phosphoric ester groups is 2. The van der Waals surface area contributed by atoms with E-state index in [1.165, 1.54) is 34.2 Å². The second-order valence-electron chi connectivity index (χ2n) is 11.6. The molecule has 2 aliphatic heterocycles. The highest BCUT2D eigenvalue weighted by atomic mass is 31.3. The van der Waals surface area contributed by atoms with Crippen molar-refractivity contribution in [1.82, 2.24) is 34.1 Å². The van der Waals surface area contributed by atoms with Gasteiger partial charge in [0, 0.05) is 14.2 Å². The molecule has 31 heteroatoms. The van der Waals surface area contributed by atoms with Gasteiger partial charge in [0.1, 0.15) is 36.6 Å². The van der Waals surface area contributed by atoms with Gasteiger partial charge in [-0.1, -0.05) is 4.98 Å². The Kier molecular flexibility index (Phi) is 11.0. The van der Waals surface area contributed by atoms with E-state index in [0.29, 0.717) is 0 Å². The molecule has 0 saturated carbocycles. The van der Waals surface area contributed by atoms with Gasteiger partial charge >= 0.3 is 5.65 Å². The minimum Gasteiger partial charge on any atom is -0.756 e. The summed E-state index contributed by atoms with van der Waals surface area (Å²) in [5, 5.41) is 21.6. The number of aliphatic hydroxyl groups excluding tert-OH is 2. The largest absolute Gasteiger partial charge is 0.756 e. The van der Waals surface area contributed by atoms with E-state index in [1.54, 1.807) is 0 Å². The van der Waals surface area contributed by atoms with Crippen molar-refractivity contribution in [2.45, 2.75) is 49.1 Å². The van der Waals surface area contributed by atoms with Crippen molar-refractivity contribution >= 4 is 57.7 Å². The maximum atomic E-state index is 12.5. The fraction of sp³-hybridized carbons (Fsp3) is 0.565. The van der Waals surface area contributed by atoms with E-state index in [-0.39, 0.29) is 34.2 Å². The number of fused-ring (bicyclic) bond motifs is 2. The Labute approximate surface area is 299 Å². The van der Waals surface area contributed by atoms with Crippen LogP contribution in [-0.4, -0.2) is 108 Å². The Balaban J connectivity index is 1.07. The zero-order chi connectivity index (χ0) is 39.5. The van der Waals surface area contributed by atoms with E-state index in [2.05, 4.69) is 42.6 Å². The van der Waals surface area contributed by atoms with E-state index in [9.17, 15) is 48.2 Å². The van der Waals surface area contributed by atoms with Crippen molar-refractivity contribution in [3.05, 3.63) is 33.4 Å². The number of nitrogens with one attached hydrogen (secondary N) is 2. The smallest absolute Gasteiger partial charge is 0.313 e. The lowest BCUT2D eigenvalue weighted by Crippen LogP contribution is -2.46. The van der Waals surface area contributed by atoms with Crippen molar-refractivity contribution in [2.75, 3.05) is 38.9 Å². The molecule has 4 aromatic heterocycles. The summed E-state index contributed by atoms with van der Waals surface area (Å²) in [6.45, 7) is -2.14. The fourth-order valence-corrected chi connectivity index (χ4v) is 9.31. The quantitative estimate of drug-likeness (QED) is 0.0511. The van der Waals surface area contributed by atoms with E-state index in [1.807, 2.05) is 0 Å². The van der Waals surface area contributed by atoms with Gasteiger partial charge in [0.2, 0.25) is 17.7 Å². The monoisotopic (exact) mass is 828 g/mol. The third-order valence-electron chi connectivity index (χ3n) is 8.15. The van der Waals surface area contributed by atoms with E-state index in [4.69, 9.17) is 30.4 Å². The Bertz CT molecular complexity index is 2320. The highest BCUT2D eigenvalue weighted by Crippen LogP contribution is 2.63. The van der Waals surface area contributed by atoms with Gasteiger partial charge in [-0.2, -0.15) is 4.98 Å². The molecule has 11 atom stereocenters. The number of anilines is 2. The predicted molar refractivity (Wildman–Crippen MR) is 167 cm³/mol. The number of ether oxygens (including phenoxy) is 4. The van der Waals surface area contributed by atoms with Gasteiger partial charge in [-0.15, -0.1) is 0 Å². The topological polar surface area (TPSA) is 405 Å². The fourth-order valence-electron chi connectivity index (χ4n) is 5.93. The molecule has 0 amide bonds. The third-order valence-corrected chi connectivity index (χ3v) is 12.3. The number of H-pyrrole nitrogens is 2. The summed E-state index contributed by atoms with van der Waals surface area (Å²) in [6.07, 6.45) is -8.91. The van der Waals surface area contributed by atoms with E-state index in [0.717, 1.165) is 13.4 Å². The van der Waals surface area contributed by atoms with Crippen LogP contribution in [0.25, 0.3) is 22.3 Å². The summed E-state index contributed by atoms with van der Waals surface area (Å²) >= 11 is 0. The van der Waals surface area contributed by atoms with E-state index < -0.39 is 96.9 Å². The molecule has 0 bridgehead atoms. The van der Waals surface area contributed by atoms with Crippen molar-refractivity contribution in [3.63, 3.8) is 0 Å². The zero-order valence-corrected chi connectivity index (χ0v) is 30.5. The number of aromatic nitrogens is 8. The SMILES string of the molecule is CO[C@@H]1[C@H](O)C(COP(=O)([O-])OP(=O)([O-])OP(=O)([O-])OC[C@H]2OC([n+]3cn(C)c4c(=O)[nH]c(N)nc43)[C@@H](O)[C@H]2OC)O[C@H]1n1cnc2c(=O)[nH]c(N)nc21. The lowest BCUT2D eigenvalue weighted by Gasteiger charge is -2.35. The molecule has 0 radical (unpaired) electrons. The number of rotatable bonds is 14. The van der Waals surface area contributed by atoms with Crippen LogP contribution in [0.15, 0.2) is 22.2 Å². The maximum absolute atomic E-state index is 12.5. The number of aromatic amines is 2. The Hall–Kier alpha value is -3.53. The maximum Gasteiger partial charge on any atom is 0.313 e. The lowest BCUT2D eigenvalue weighted by molar-refractivity contribution is -0.745. The summed E-state index contributed by atoms with van der Waals surface area (Å²) in [6, 6.07) is 0. The molecule has 6 rings (SSSR count). The molecule has 2 saturated heterocycles. The molecule has 298 valence electrons. The lowest BCUT2D eigenvalue weighted by atomic mass is 10.1. The number of hydrogen-bond donors (Lipinski definition) is 6. The average Bonchev–Trinajstić information content (AvgIpc) is 3.79. The van der Waals surface area contributed by atoms with Crippen molar-refractivity contribution in [3.8, 4) is 0 Å². The first kappa shape index (κ1) is 40.1. The first-order valence-electron chi connectivity index (χ1n) is 15.1. The number of nitrogens with zero attached hydrogens (tertiary/aromatic N) is 6. The van der Waals surface area contributed by atoms with Crippen LogP contribution in [0.4, 0.5) is 11.9 Å². The normalized spacial score (nSPS) is 29.4. The number of methoxy groups -OCH3 is 2. The Morgan fingerprint density at radius 1 is 0.889 bits per heavy atom. The molecule has 0 aliphatic carbocycles. The van der Waals surface area contributed by atoms with Crippen LogP contribution in [0.3, 0.4) is 0 Å². The van der Waals surface area contributed by atoms with Gasteiger partial charge in [-0.25, -0.2) is 18.2 Å². The van der Waals surface area contributed by atoms with Crippen LogP contribution >= 0.6 is 23.5 Å². The summed E-state index contributed by atoms with van der Waals surface area (Å²) in [7, 11) is -14.5. The van der Waals surface area contributed by atoms with Crippen molar-refractivity contribution in [1.29, 1.82) is 0 Å². The minimum absolute atomic E-state index is 0.0226. The summed E-state index contributed by atoms with van der Waals surface area (Å²) in [4.78, 5) is 78.4. The van der Waals surface area contributed by atoms with Gasteiger partial charge < -0.3 is 64.4 Å². The second-order valence-corrected chi connectivity index (χ2v) is 16.1. The molecule has 4 aromatic rings. The van der Waals surface area contributed by atoms with E-state index >= 15 is 0 Å². The average molecular weight is 828 g/mol. The van der Waals surface area contributed by atoms with Gasteiger partial charge in [0.15, 0.2) is 23.7 Å². The highest BCUT2D eigenvalue weighted by molar-refractivity contribution is 7.65. The molecule has 2 aliphatic rings. The zero-order valence-electron chi connectivity index (χ0n) is 27.8. The van der Waals surface area contributed by atoms with Crippen LogP contribution < -0.4 is 41.8 Å². The van der Waals surface area contributed by atoms with Gasteiger partial charge in [-0.3, -0.25) is 42.4 Å². The molecule has 54 heavy (non-hydrogen) atoms. The molecule has 2 fully saturated rings. The number of nitrogens with two attached hydrogens (primary N) is 2. The molecule has 5 unspecified atom stereocenters. The predicted octanol–water partition coefficient (Wildman–Crippen LogP) is -5.14. The minimum atomic E-state index is -6.33. The highest BCUT2D eigenvalue weighted by Gasteiger charge is 2.49. The molecule has 0 spiro atoms. The van der Waals surface area contributed by atoms with Crippen LogP contribution in [-0.2, 0) is 57.4 Å². The summed E-state index contributed by atoms with van der Waals surface area (Å²) in [5.74, 6) is -0.535. The summed E-state index contributed by atoms with van der Waals surface area (Å²) in [5.41, 5.74) is 9.73. The van der Waals surface area contributed by atoms with Gasteiger partial charge in [0.25, 0.3) is 40.5 Å². The van der Waals surface area contributed by atoms with Crippen LogP contribution in [0, 0.1) is 0 Å². The first-order chi connectivity index (χ1) is 25.2. The molecular weight excluding hydrogens is 797 g/mol. The van der Waals surface area contributed by atoms with Crippen LogP contribution in [0.2, 0.25) is 0 Å². The standard InChI is InChI=1S/C23H33N10O18P3/c1-31-7-33(17-11(31)19(37)30-23(25)28-17)20-13(35)14(44-2)9(49-20)5-47-53(40,41)51-54(42,43)50-52(38,39)46-4-8-12(34)15(45-3)21(48-8)32-6-26-10-16(32)27-22(24)29-18(10)36/h6-9,12-15,20-21,34-35H,4-5H2,1-3H3,(H8-,24,25,27,28,29,30,36,37,38,39,40,41,42,43)/p-2/t8?,9-,12-,13+,14+,15-,20?,21-/m1/s1. The number of nitrogen functional groups attached to an aromatic ring is 2. The Morgan fingerprint density at radius 2 is 1.48 bits per heavy atom. The number of aryl methyl sites for hydroxylation is 1. The molecule has 28 nitrogen and oxygen atoms in total. The summed E-state index contributed by atoms with van der Waals surface area (Å²) < 4.78 is 79.8. The third kappa shape index (κ3) is 7.92. The van der Waals surface area contributed by atoms with Crippen LogP contribution in [0.5, 0.6) is 0 Å².